The first-order chi connectivity index (χ1) is 14.8. The first-order valence-corrected chi connectivity index (χ1v) is 11.4. The molecule has 0 saturated carbocycles. The fraction of sp³-hybridized carbons (Fsp3) is 0.130. The molecule has 2 aromatic carbocycles. The van der Waals surface area contributed by atoms with Gasteiger partial charge in [-0.05, 0) is 80.2 Å². The van der Waals surface area contributed by atoms with Gasteiger partial charge in [-0.2, -0.15) is 5.01 Å². The van der Waals surface area contributed by atoms with Crippen molar-refractivity contribution in [1.82, 2.24) is 4.68 Å². The summed E-state index contributed by atoms with van der Waals surface area (Å²) in [6, 6.07) is 16.7. The quantitative estimate of drug-likeness (QED) is 0.302. The fourth-order valence-corrected chi connectivity index (χ4v) is 4.93. The number of ether oxygens (including phenoxy) is 1. The van der Waals surface area contributed by atoms with Crippen LogP contribution in [0.15, 0.2) is 59.5 Å². The number of hydrogen-bond donors (Lipinski definition) is 0. The summed E-state index contributed by atoms with van der Waals surface area (Å²) in [7, 11) is 0. The largest absolute Gasteiger partial charge is 0.488 e. The van der Waals surface area contributed by atoms with E-state index in [0.717, 1.165) is 17.0 Å². The molecule has 0 atom stereocenters. The Kier molecular flexibility index (Phi) is 6.44. The lowest BCUT2D eigenvalue weighted by Crippen LogP contribution is -2.39. The van der Waals surface area contributed by atoms with Crippen molar-refractivity contribution in [3.63, 3.8) is 0 Å². The van der Waals surface area contributed by atoms with Gasteiger partial charge in [0.05, 0.1) is 4.91 Å². The molecule has 1 aliphatic rings. The van der Waals surface area contributed by atoms with Crippen molar-refractivity contribution in [1.29, 1.82) is 0 Å². The van der Waals surface area contributed by atoms with Gasteiger partial charge in [0.15, 0.2) is 4.32 Å². The van der Waals surface area contributed by atoms with Crippen LogP contribution in [0.1, 0.15) is 22.5 Å². The summed E-state index contributed by atoms with van der Waals surface area (Å²) in [4.78, 5) is 13.7. The minimum atomic E-state index is -0.182. The van der Waals surface area contributed by atoms with Crippen molar-refractivity contribution < 1.29 is 9.53 Å². The smallest absolute Gasteiger partial charge is 0.285 e. The summed E-state index contributed by atoms with van der Waals surface area (Å²) < 4.78 is 8.31. The number of halogens is 2. The second kappa shape index (κ2) is 9.09. The summed E-state index contributed by atoms with van der Waals surface area (Å²) in [5, 5.41) is 2.72. The summed E-state index contributed by atoms with van der Waals surface area (Å²) in [5.41, 5.74) is 3.51. The van der Waals surface area contributed by atoms with Crippen LogP contribution in [0.5, 0.6) is 5.75 Å². The molecule has 2 heterocycles. The molecule has 8 heteroatoms. The van der Waals surface area contributed by atoms with Gasteiger partial charge in [0, 0.05) is 27.0 Å². The lowest BCUT2D eigenvalue weighted by molar-refractivity contribution is -0.114. The zero-order chi connectivity index (χ0) is 22.1. The molecule has 158 valence electrons. The summed E-state index contributed by atoms with van der Waals surface area (Å²) in [6.07, 6.45) is 1.77. The van der Waals surface area contributed by atoms with E-state index in [1.54, 1.807) is 24.3 Å². The zero-order valence-electron chi connectivity index (χ0n) is 16.8. The van der Waals surface area contributed by atoms with E-state index in [9.17, 15) is 4.79 Å². The van der Waals surface area contributed by atoms with Gasteiger partial charge in [0.25, 0.3) is 5.91 Å². The fourth-order valence-electron chi connectivity index (χ4n) is 3.30. The molecular weight excluding hydrogens is 471 g/mol. The van der Waals surface area contributed by atoms with Crippen LogP contribution in [0.2, 0.25) is 10.0 Å². The molecule has 1 fully saturated rings. The highest BCUT2D eigenvalue weighted by molar-refractivity contribution is 8.27. The van der Waals surface area contributed by atoms with Crippen molar-refractivity contribution in [2.45, 2.75) is 20.5 Å². The van der Waals surface area contributed by atoms with E-state index in [2.05, 4.69) is 0 Å². The third kappa shape index (κ3) is 4.67. The Morgan fingerprint density at radius 2 is 1.74 bits per heavy atom. The van der Waals surface area contributed by atoms with Crippen molar-refractivity contribution in [2.75, 3.05) is 5.01 Å². The topological polar surface area (TPSA) is 34.5 Å². The summed E-state index contributed by atoms with van der Waals surface area (Å²) in [5.74, 6) is 0.432. The lowest BCUT2D eigenvalue weighted by Gasteiger charge is -2.20. The van der Waals surface area contributed by atoms with Crippen LogP contribution in [0.25, 0.3) is 6.08 Å². The molecule has 1 amide bonds. The van der Waals surface area contributed by atoms with Crippen molar-refractivity contribution in [3.05, 3.63) is 92.1 Å². The Morgan fingerprint density at radius 3 is 2.45 bits per heavy atom. The molecule has 1 saturated heterocycles. The van der Waals surface area contributed by atoms with E-state index in [0.29, 0.717) is 37.2 Å². The molecule has 0 spiro atoms. The predicted octanol–water partition coefficient (Wildman–Crippen LogP) is 6.53. The number of amides is 1. The number of carbonyl (C=O) groups is 1. The molecule has 0 radical (unpaired) electrons. The van der Waals surface area contributed by atoms with Crippen LogP contribution in [-0.2, 0) is 11.4 Å². The highest BCUT2D eigenvalue weighted by atomic mass is 35.5. The average molecular weight is 489 g/mol. The molecule has 4 rings (SSSR count). The molecule has 0 bridgehead atoms. The average Bonchev–Trinajstić information content (AvgIpc) is 3.18. The monoisotopic (exact) mass is 488 g/mol. The van der Waals surface area contributed by atoms with Crippen molar-refractivity contribution in [3.8, 4) is 5.75 Å². The van der Waals surface area contributed by atoms with E-state index in [4.69, 9.17) is 40.2 Å². The Labute approximate surface area is 200 Å². The Bertz CT molecular complexity index is 1200. The summed E-state index contributed by atoms with van der Waals surface area (Å²) in [6.45, 7) is 4.22. The molecule has 4 nitrogen and oxygen atoms in total. The molecule has 0 N–H and O–H groups in total. The maximum absolute atomic E-state index is 13.2. The molecule has 1 aliphatic heterocycles. The van der Waals surface area contributed by atoms with Gasteiger partial charge in [-0.3, -0.25) is 9.47 Å². The number of nitrogens with zero attached hydrogens (tertiary/aromatic N) is 2. The van der Waals surface area contributed by atoms with Crippen LogP contribution in [0.3, 0.4) is 0 Å². The number of thiocarbonyl (C=S) groups is 1. The number of aryl methyl sites for hydroxylation is 2. The van der Waals surface area contributed by atoms with Gasteiger partial charge in [-0.25, -0.2) is 0 Å². The van der Waals surface area contributed by atoms with Crippen LogP contribution in [0.4, 0.5) is 0 Å². The number of hydrogen-bond acceptors (Lipinski definition) is 4. The summed E-state index contributed by atoms with van der Waals surface area (Å²) >= 11 is 19.0. The number of thioether (sulfide) groups is 1. The molecule has 0 aliphatic carbocycles. The number of rotatable bonds is 5. The maximum atomic E-state index is 13.2. The number of benzene rings is 2. The lowest BCUT2D eigenvalue weighted by atomic mass is 10.1. The van der Waals surface area contributed by atoms with Gasteiger partial charge < -0.3 is 4.74 Å². The minimum Gasteiger partial charge on any atom is -0.488 e. The maximum Gasteiger partial charge on any atom is 0.285 e. The Balaban J connectivity index is 1.63. The number of aromatic nitrogens is 1. The first kappa shape index (κ1) is 22.0. The van der Waals surface area contributed by atoms with Gasteiger partial charge in [0.2, 0.25) is 0 Å². The third-order valence-corrected chi connectivity index (χ3v) is 6.50. The standard InChI is InChI=1S/C23H18Cl2N2O2S2/c1-14-6-7-15(2)26(14)27-22(28)21(31-23(27)30)12-17-11-19(25)8-9-20(17)29-13-16-4-3-5-18(24)10-16/h3-12H,13H2,1-2H3/b21-12+. The molecule has 3 aromatic rings. The van der Waals surface area contributed by atoms with E-state index in [1.807, 2.05) is 54.9 Å². The number of carbonyl (C=O) groups excluding carboxylic acids is 1. The van der Waals surface area contributed by atoms with Crippen LogP contribution >= 0.6 is 47.2 Å². The van der Waals surface area contributed by atoms with Crippen LogP contribution in [0, 0.1) is 13.8 Å². The van der Waals surface area contributed by atoms with Gasteiger partial charge in [-0.15, -0.1) is 0 Å². The second-order valence-corrected chi connectivity index (χ2v) is 9.57. The SMILES string of the molecule is Cc1ccc(C)n1N1C(=O)/C(=C\c2cc(Cl)ccc2OCc2cccc(Cl)c2)SC1=S. The van der Waals surface area contributed by atoms with Gasteiger partial charge >= 0.3 is 0 Å². The second-order valence-electron chi connectivity index (χ2n) is 7.02. The normalized spacial score (nSPS) is 15.2. The Morgan fingerprint density at radius 1 is 1.03 bits per heavy atom. The first-order valence-electron chi connectivity index (χ1n) is 9.43. The highest BCUT2D eigenvalue weighted by Gasteiger charge is 2.35. The van der Waals surface area contributed by atoms with Gasteiger partial charge in [-0.1, -0.05) is 47.1 Å². The molecule has 31 heavy (non-hydrogen) atoms. The van der Waals surface area contributed by atoms with E-state index < -0.39 is 0 Å². The minimum absolute atomic E-state index is 0.182. The van der Waals surface area contributed by atoms with E-state index in [1.165, 1.54) is 16.8 Å². The predicted molar refractivity (Wildman–Crippen MR) is 133 cm³/mol. The molecular formula is C23H18Cl2N2O2S2. The zero-order valence-corrected chi connectivity index (χ0v) is 19.9. The highest BCUT2D eigenvalue weighted by Crippen LogP contribution is 2.35. The molecule has 0 unspecified atom stereocenters. The third-order valence-electron chi connectivity index (χ3n) is 4.75. The van der Waals surface area contributed by atoms with Crippen LogP contribution in [-0.4, -0.2) is 14.9 Å². The van der Waals surface area contributed by atoms with E-state index in [-0.39, 0.29) is 5.91 Å². The van der Waals surface area contributed by atoms with E-state index >= 15 is 0 Å². The van der Waals surface area contributed by atoms with Crippen LogP contribution < -0.4 is 9.75 Å². The van der Waals surface area contributed by atoms with Gasteiger partial charge in [0.1, 0.15) is 12.4 Å². The van der Waals surface area contributed by atoms with Crippen molar-refractivity contribution >= 4 is 63.5 Å². The Hall–Kier alpha value is -2.25. The molecule has 1 aromatic heterocycles. The van der Waals surface area contributed by atoms with Crippen molar-refractivity contribution in [2.24, 2.45) is 0 Å².